The van der Waals surface area contributed by atoms with Crippen LogP contribution in [0.3, 0.4) is 0 Å². The SMILES string of the molecule is CCCNC(c1cc(Cl)ccc1Br)C(C)(C)C. The van der Waals surface area contributed by atoms with Crippen molar-refractivity contribution < 1.29 is 0 Å². The van der Waals surface area contributed by atoms with Gasteiger partial charge in [0.25, 0.3) is 0 Å². The molecule has 0 aromatic heterocycles. The molecule has 1 atom stereocenters. The fraction of sp³-hybridized carbons (Fsp3) is 0.571. The van der Waals surface area contributed by atoms with E-state index in [2.05, 4.69) is 48.9 Å². The van der Waals surface area contributed by atoms with E-state index in [4.69, 9.17) is 11.6 Å². The van der Waals surface area contributed by atoms with Gasteiger partial charge in [0.05, 0.1) is 0 Å². The summed E-state index contributed by atoms with van der Waals surface area (Å²) >= 11 is 9.71. The van der Waals surface area contributed by atoms with Crippen molar-refractivity contribution in [3.05, 3.63) is 33.3 Å². The summed E-state index contributed by atoms with van der Waals surface area (Å²) in [6.07, 6.45) is 1.13. The Morgan fingerprint density at radius 3 is 2.53 bits per heavy atom. The van der Waals surface area contributed by atoms with Crippen molar-refractivity contribution in [3.63, 3.8) is 0 Å². The van der Waals surface area contributed by atoms with E-state index < -0.39 is 0 Å². The lowest BCUT2D eigenvalue weighted by Crippen LogP contribution is -2.33. The van der Waals surface area contributed by atoms with Gasteiger partial charge in [0.15, 0.2) is 0 Å². The summed E-state index contributed by atoms with van der Waals surface area (Å²) in [4.78, 5) is 0. The molecule has 0 heterocycles. The number of hydrogen-bond acceptors (Lipinski definition) is 1. The highest BCUT2D eigenvalue weighted by molar-refractivity contribution is 9.10. The molecule has 1 N–H and O–H groups in total. The summed E-state index contributed by atoms with van der Waals surface area (Å²) in [5.74, 6) is 0. The van der Waals surface area contributed by atoms with Gasteiger partial charge in [0.2, 0.25) is 0 Å². The summed E-state index contributed by atoms with van der Waals surface area (Å²) < 4.78 is 1.12. The number of hydrogen-bond donors (Lipinski definition) is 1. The monoisotopic (exact) mass is 317 g/mol. The Labute approximate surface area is 118 Å². The highest BCUT2D eigenvalue weighted by Gasteiger charge is 2.27. The van der Waals surface area contributed by atoms with Crippen LogP contribution in [-0.2, 0) is 0 Å². The van der Waals surface area contributed by atoms with E-state index in [1.54, 1.807) is 0 Å². The van der Waals surface area contributed by atoms with Gasteiger partial charge >= 0.3 is 0 Å². The fourth-order valence-corrected chi connectivity index (χ4v) is 2.56. The maximum atomic E-state index is 6.10. The second-order valence-electron chi connectivity index (χ2n) is 5.42. The third-order valence-electron chi connectivity index (χ3n) is 2.73. The van der Waals surface area contributed by atoms with Crippen LogP contribution in [-0.4, -0.2) is 6.54 Å². The van der Waals surface area contributed by atoms with Gasteiger partial charge in [-0.1, -0.05) is 55.2 Å². The number of benzene rings is 1. The Hall–Kier alpha value is -0.0500. The first kappa shape index (κ1) is 15.0. The minimum atomic E-state index is 0.155. The first-order chi connectivity index (χ1) is 7.86. The van der Waals surface area contributed by atoms with Gasteiger partial charge in [-0.3, -0.25) is 0 Å². The minimum absolute atomic E-state index is 0.155. The summed E-state index contributed by atoms with van der Waals surface area (Å²) in [7, 11) is 0. The molecule has 96 valence electrons. The molecule has 0 aliphatic heterocycles. The second kappa shape index (κ2) is 6.21. The van der Waals surface area contributed by atoms with Crippen molar-refractivity contribution in [3.8, 4) is 0 Å². The van der Waals surface area contributed by atoms with Crippen LogP contribution in [0, 0.1) is 5.41 Å². The normalized spacial score (nSPS) is 13.8. The topological polar surface area (TPSA) is 12.0 Å². The summed E-state index contributed by atoms with van der Waals surface area (Å²) in [5, 5.41) is 4.39. The summed E-state index contributed by atoms with van der Waals surface area (Å²) in [5.41, 5.74) is 1.39. The van der Waals surface area contributed by atoms with E-state index >= 15 is 0 Å². The van der Waals surface area contributed by atoms with Gasteiger partial charge in [0.1, 0.15) is 0 Å². The molecule has 0 saturated heterocycles. The lowest BCUT2D eigenvalue weighted by Gasteiger charge is -2.33. The molecule has 1 rings (SSSR count). The molecule has 0 spiro atoms. The van der Waals surface area contributed by atoms with Crippen LogP contribution >= 0.6 is 27.5 Å². The molecule has 3 heteroatoms. The number of rotatable bonds is 4. The quantitative estimate of drug-likeness (QED) is 0.805. The predicted molar refractivity (Wildman–Crippen MR) is 79.6 cm³/mol. The third kappa shape index (κ3) is 4.27. The van der Waals surface area contributed by atoms with Gasteiger partial charge in [-0.2, -0.15) is 0 Å². The molecule has 0 radical (unpaired) electrons. The van der Waals surface area contributed by atoms with Gasteiger partial charge in [-0.15, -0.1) is 0 Å². The lowest BCUT2D eigenvalue weighted by atomic mass is 9.82. The molecular weight excluding hydrogens is 298 g/mol. The molecule has 1 aromatic rings. The molecule has 1 aromatic carbocycles. The third-order valence-corrected chi connectivity index (χ3v) is 3.69. The van der Waals surface area contributed by atoms with Gasteiger partial charge in [-0.25, -0.2) is 0 Å². The molecule has 1 nitrogen and oxygen atoms in total. The van der Waals surface area contributed by atoms with Crippen LogP contribution in [0.1, 0.15) is 45.7 Å². The van der Waals surface area contributed by atoms with E-state index in [0.29, 0.717) is 6.04 Å². The highest BCUT2D eigenvalue weighted by atomic mass is 79.9. The Balaban J connectivity index is 3.08. The van der Waals surface area contributed by atoms with E-state index in [1.165, 1.54) is 5.56 Å². The summed E-state index contributed by atoms with van der Waals surface area (Å²) in [6.45, 7) is 9.93. The Morgan fingerprint density at radius 1 is 1.35 bits per heavy atom. The Bertz CT molecular complexity index is 371. The molecule has 0 aliphatic carbocycles. The van der Waals surface area contributed by atoms with Crippen molar-refractivity contribution in [1.29, 1.82) is 0 Å². The van der Waals surface area contributed by atoms with Crippen LogP contribution in [0.2, 0.25) is 5.02 Å². The van der Waals surface area contributed by atoms with Crippen molar-refractivity contribution in [2.75, 3.05) is 6.54 Å². The van der Waals surface area contributed by atoms with Gasteiger partial charge < -0.3 is 5.32 Å². The lowest BCUT2D eigenvalue weighted by molar-refractivity contribution is 0.272. The predicted octanol–water partition coefficient (Wildman–Crippen LogP) is 5.19. The highest BCUT2D eigenvalue weighted by Crippen LogP contribution is 2.37. The Kier molecular flexibility index (Phi) is 5.49. The fourth-order valence-electron chi connectivity index (χ4n) is 1.91. The van der Waals surface area contributed by atoms with Crippen LogP contribution < -0.4 is 5.32 Å². The zero-order chi connectivity index (χ0) is 13.1. The smallest absolute Gasteiger partial charge is 0.0410 e. The molecule has 1 unspecified atom stereocenters. The molecular formula is C14H21BrClN. The van der Waals surface area contributed by atoms with Crippen molar-refractivity contribution in [2.45, 2.75) is 40.2 Å². The van der Waals surface area contributed by atoms with Crippen LogP contribution in [0.5, 0.6) is 0 Å². The molecule has 0 saturated carbocycles. The molecule has 0 bridgehead atoms. The zero-order valence-corrected chi connectivity index (χ0v) is 13.3. The average molecular weight is 319 g/mol. The van der Waals surface area contributed by atoms with E-state index in [9.17, 15) is 0 Å². The van der Waals surface area contributed by atoms with E-state index in [-0.39, 0.29) is 5.41 Å². The maximum absolute atomic E-state index is 6.10. The summed E-state index contributed by atoms with van der Waals surface area (Å²) in [6, 6.07) is 6.28. The Morgan fingerprint density at radius 2 is 2.00 bits per heavy atom. The molecule has 0 fully saturated rings. The van der Waals surface area contributed by atoms with Crippen molar-refractivity contribution >= 4 is 27.5 Å². The van der Waals surface area contributed by atoms with Crippen molar-refractivity contribution in [1.82, 2.24) is 5.32 Å². The first-order valence-electron chi connectivity index (χ1n) is 6.04. The number of halogens is 2. The van der Waals surface area contributed by atoms with E-state index in [1.807, 2.05) is 18.2 Å². The molecule has 0 aliphatic rings. The van der Waals surface area contributed by atoms with E-state index in [0.717, 1.165) is 22.5 Å². The van der Waals surface area contributed by atoms with Gasteiger partial charge in [-0.05, 0) is 42.1 Å². The minimum Gasteiger partial charge on any atom is -0.309 e. The first-order valence-corrected chi connectivity index (χ1v) is 7.21. The molecule has 17 heavy (non-hydrogen) atoms. The van der Waals surface area contributed by atoms with Crippen LogP contribution in [0.15, 0.2) is 22.7 Å². The average Bonchev–Trinajstić information content (AvgIpc) is 2.21. The standard InChI is InChI=1S/C14H21BrClN/c1-5-8-17-13(14(2,3)4)11-9-10(16)6-7-12(11)15/h6-7,9,13,17H,5,8H2,1-4H3. The van der Waals surface area contributed by atoms with Crippen LogP contribution in [0.4, 0.5) is 0 Å². The molecule has 0 amide bonds. The largest absolute Gasteiger partial charge is 0.309 e. The van der Waals surface area contributed by atoms with Gasteiger partial charge in [0, 0.05) is 15.5 Å². The van der Waals surface area contributed by atoms with Crippen LogP contribution in [0.25, 0.3) is 0 Å². The van der Waals surface area contributed by atoms with Crippen molar-refractivity contribution in [2.24, 2.45) is 5.41 Å². The maximum Gasteiger partial charge on any atom is 0.0410 e. The zero-order valence-electron chi connectivity index (χ0n) is 11.0. The number of nitrogens with one attached hydrogen (secondary N) is 1. The second-order valence-corrected chi connectivity index (χ2v) is 6.71.